The van der Waals surface area contributed by atoms with Crippen molar-refractivity contribution in [3.63, 3.8) is 0 Å². The number of allylic oxidation sites excluding steroid dienone is 1. The van der Waals surface area contributed by atoms with Crippen molar-refractivity contribution < 1.29 is 4.79 Å². The summed E-state index contributed by atoms with van der Waals surface area (Å²) in [5.74, 6) is 0.741. The number of piperazine rings is 1. The molecule has 1 aromatic carbocycles. The fourth-order valence-corrected chi connectivity index (χ4v) is 3.62. The summed E-state index contributed by atoms with van der Waals surface area (Å²) in [6.45, 7) is 7.12. The van der Waals surface area contributed by atoms with Gasteiger partial charge in [0.25, 0.3) is 0 Å². The third kappa shape index (κ3) is 5.41. The van der Waals surface area contributed by atoms with Gasteiger partial charge in [-0.05, 0) is 44.7 Å². The van der Waals surface area contributed by atoms with Crippen molar-refractivity contribution in [2.24, 2.45) is 5.92 Å². The highest BCUT2D eigenvalue weighted by Gasteiger charge is 2.26. The van der Waals surface area contributed by atoms with E-state index in [-0.39, 0.29) is 5.91 Å². The molecule has 1 atom stereocenters. The van der Waals surface area contributed by atoms with Crippen molar-refractivity contribution in [1.29, 1.82) is 0 Å². The third-order valence-corrected chi connectivity index (χ3v) is 5.38. The van der Waals surface area contributed by atoms with Crippen molar-refractivity contribution in [2.75, 3.05) is 39.8 Å². The number of carbonyl (C=O) groups is 1. The van der Waals surface area contributed by atoms with Crippen LogP contribution in [-0.4, -0.2) is 55.5 Å². The Balaban J connectivity index is 1.46. The normalized spacial score (nSPS) is 22.8. The maximum Gasteiger partial charge on any atom is 0.243 e. The number of amides is 1. The Bertz CT molecular complexity index is 594. The molecule has 2 aliphatic rings. The molecule has 1 amide bonds. The minimum atomic E-state index is 0.0717. The van der Waals surface area contributed by atoms with Crippen molar-refractivity contribution in [1.82, 2.24) is 15.1 Å². The fourth-order valence-electron chi connectivity index (χ4n) is 3.62. The second-order valence-corrected chi connectivity index (χ2v) is 7.53. The standard InChI is InChI=1S/C21H31N3O/c1-17(18-9-10-18)15-21(25)22-11-6-12-24-14-13-23(2)16-20(24)19-7-4-3-5-8-19/h3-5,7-8,15,18,20H,6,9-14,16H2,1-2H3,(H,22,25)/b17-15-/t20-/m0/s1. The number of nitrogens with one attached hydrogen (secondary N) is 1. The summed E-state index contributed by atoms with van der Waals surface area (Å²) < 4.78 is 0. The first-order chi connectivity index (χ1) is 12.1. The molecule has 136 valence electrons. The van der Waals surface area contributed by atoms with E-state index in [1.807, 2.05) is 0 Å². The monoisotopic (exact) mass is 341 g/mol. The van der Waals surface area contributed by atoms with Gasteiger partial charge in [0, 0.05) is 44.8 Å². The second kappa shape index (κ2) is 8.63. The highest BCUT2D eigenvalue weighted by Crippen LogP contribution is 2.35. The van der Waals surface area contributed by atoms with Crippen molar-refractivity contribution in [3.05, 3.63) is 47.5 Å². The van der Waals surface area contributed by atoms with Gasteiger partial charge in [0.15, 0.2) is 0 Å². The Labute approximate surface area is 151 Å². The fraction of sp³-hybridized carbons (Fsp3) is 0.571. The Morgan fingerprint density at radius 3 is 2.72 bits per heavy atom. The molecule has 0 radical (unpaired) electrons. The number of hydrogen-bond donors (Lipinski definition) is 1. The molecule has 0 bridgehead atoms. The van der Waals surface area contributed by atoms with Gasteiger partial charge in [-0.15, -0.1) is 0 Å². The SMILES string of the molecule is C/C(=C/C(=O)NCCCN1CCN(C)C[C@H]1c1ccccc1)C1CC1. The first-order valence-corrected chi connectivity index (χ1v) is 9.57. The summed E-state index contributed by atoms with van der Waals surface area (Å²) in [7, 11) is 2.20. The van der Waals surface area contributed by atoms with E-state index in [1.165, 1.54) is 24.0 Å². The lowest BCUT2D eigenvalue weighted by atomic mass is 10.0. The molecule has 0 aromatic heterocycles. The molecule has 1 saturated carbocycles. The molecule has 4 nitrogen and oxygen atoms in total. The Kier molecular flexibility index (Phi) is 6.27. The van der Waals surface area contributed by atoms with E-state index in [1.54, 1.807) is 6.08 Å². The van der Waals surface area contributed by atoms with Crippen LogP contribution in [0.1, 0.15) is 37.8 Å². The number of carbonyl (C=O) groups excluding carboxylic acids is 1. The Hall–Kier alpha value is -1.65. The van der Waals surface area contributed by atoms with Gasteiger partial charge >= 0.3 is 0 Å². The van der Waals surface area contributed by atoms with Gasteiger partial charge in [-0.1, -0.05) is 35.9 Å². The van der Waals surface area contributed by atoms with Gasteiger partial charge in [-0.25, -0.2) is 0 Å². The van der Waals surface area contributed by atoms with Crippen LogP contribution in [0.3, 0.4) is 0 Å². The highest BCUT2D eigenvalue weighted by atomic mass is 16.1. The largest absolute Gasteiger partial charge is 0.353 e. The predicted octanol–water partition coefficient (Wildman–Crippen LogP) is 2.84. The van der Waals surface area contributed by atoms with E-state index >= 15 is 0 Å². The molecule has 2 fully saturated rings. The van der Waals surface area contributed by atoms with Gasteiger partial charge in [0.05, 0.1) is 0 Å². The number of rotatable bonds is 7. The second-order valence-electron chi connectivity index (χ2n) is 7.53. The summed E-state index contributed by atoms with van der Waals surface area (Å²) in [5, 5.41) is 3.05. The molecule has 0 spiro atoms. The number of nitrogens with zero attached hydrogens (tertiary/aromatic N) is 2. The van der Waals surface area contributed by atoms with Crippen LogP contribution in [-0.2, 0) is 4.79 Å². The summed E-state index contributed by atoms with van der Waals surface area (Å²) in [5.41, 5.74) is 2.63. The molecule has 25 heavy (non-hydrogen) atoms. The Morgan fingerprint density at radius 1 is 1.24 bits per heavy atom. The van der Waals surface area contributed by atoms with Crippen molar-refractivity contribution in [3.8, 4) is 0 Å². The molecule has 1 N–H and O–H groups in total. The van der Waals surface area contributed by atoms with E-state index in [2.05, 4.69) is 59.4 Å². The third-order valence-electron chi connectivity index (χ3n) is 5.38. The van der Waals surface area contributed by atoms with Crippen LogP contribution in [0.4, 0.5) is 0 Å². The molecule has 4 heteroatoms. The minimum Gasteiger partial charge on any atom is -0.353 e. The summed E-state index contributed by atoms with van der Waals surface area (Å²) in [6.07, 6.45) is 5.29. The number of likely N-dealkylation sites (N-methyl/N-ethyl adjacent to an activating group) is 1. The topological polar surface area (TPSA) is 35.6 Å². The van der Waals surface area contributed by atoms with Crippen LogP contribution in [0.5, 0.6) is 0 Å². The summed E-state index contributed by atoms with van der Waals surface area (Å²) in [6, 6.07) is 11.2. The minimum absolute atomic E-state index is 0.0717. The van der Waals surface area contributed by atoms with Crippen LogP contribution in [0, 0.1) is 5.92 Å². The Morgan fingerprint density at radius 2 is 2.00 bits per heavy atom. The zero-order chi connectivity index (χ0) is 17.6. The number of benzene rings is 1. The average molecular weight is 341 g/mol. The van der Waals surface area contributed by atoms with Crippen LogP contribution in [0.15, 0.2) is 42.0 Å². The maximum absolute atomic E-state index is 12.0. The predicted molar refractivity (Wildman–Crippen MR) is 102 cm³/mol. The molecule has 1 saturated heterocycles. The van der Waals surface area contributed by atoms with Crippen LogP contribution >= 0.6 is 0 Å². The van der Waals surface area contributed by atoms with Gasteiger partial charge in [0.1, 0.15) is 0 Å². The highest BCUT2D eigenvalue weighted by molar-refractivity contribution is 5.88. The van der Waals surface area contributed by atoms with Gasteiger partial charge in [0.2, 0.25) is 5.91 Å². The first kappa shape index (κ1) is 18.2. The first-order valence-electron chi connectivity index (χ1n) is 9.57. The maximum atomic E-state index is 12.0. The average Bonchev–Trinajstić information content (AvgIpc) is 3.45. The van der Waals surface area contributed by atoms with E-state index in [0.717, 1.165) is 39.1 Å². The molecule has 0 unspecified atom stereocenters. The molecular formula is C21H31N3O. The van der Waals surface area contributed by atoms with Crippen LogP contribution in [0.2, 0.25) is 0 Å². The number of hydrogen-bond acceptors (Lipinski definition) is 3. The smallest absolute Gasteiger partial charge is 0.243 e. The van der Waals surface area contributed by atoms with Gasteiger partial charge in [-0.3, -0.25) is 9.69 Å². The summed E-state index contributed by atoms with van der Waals surface area (Å²) in [4.78, 5) is 16.9. The molecule has 1 aliphatic heterocycles. The van der Waals surface area contributed by atoms with Crippen molar-refractivity contribution >= 4 is 5.91 Å². The van der Waals surface area contributed by atoms with E-state index in [9.17, 15) is 4.79 Å². The summed E-state index contributed by atoms with van der Waals surface area (Å²) >= 11 is 0. The zero-order valence-corrected chi connectivity index (χ0v) is 15.6. The lowest BCUT2D eigenvalue weighted by Gasteiger charge is -2.40. The van der Waals surface area contributed by atoms with Crippen molar-refractivity contribution in [2.45, 2.75) is 32.2 Å². The molecule has 1 aromatic rings. The van der Waals surface area contributed by atoms with E-state index in [4.69, 9.17) is 0 Å². The van der Waals surface area contributed by atoms with Gasteiger partial charge < -0.3 is 10.2 Å². The molecule has 1 heterocycles. The lowest BCUT2D eigenvalue weighted by Crippen LogP contribution is -2.47. The van der Waals surface area contributed by atoms with E-state index in [0.29, 0.717) is 12.0 Å². The van der Waals surface area contributed by atoms with Gasteiger partial charge in [-0.2, -0.15) is 0 Å². The quantitative estimate of drug-likeness (QED) is 0.612. The van der Waals surface area contributed by atoms with Crippen LogP contribution in [0.25, 0.3) is 0 Å². The van der Waals surface area contributed by atoms with Crippen LogP contribution < -0.4 is 5.32 Å². The molecular weight excluding hydrogens is 310 g/mol. The molecule has 1 aliphatic carbocycles. The lowest BCUT2D eigenvalue weighted by molar-refractivity contribution is -0.116. The molecule has 3 rings (SSSR count). The van der Waals surface area contributed by atoms with E-state index < -0.39 is 0 Å². The zero-order valence-electron chi connectivity index (χ0n) is 15.6.